The van der Waals surface area contributed by atoms with E-state index in [4.69, 9.17) is 23.4 Å². The number of esters is 1. The zero-order valence-corrected chi connectivity index (χ0v) is 21.8. The number of rotatable bonds is 8. The van der Waals surface area contributed by atoms with Gasteiger partial charge in [0.1, 0.15) is 22.5 Å². The summed E-state index contributed by atoms with van der Waals surface area (Å²) in [6, 6.07) is 7.42. The van der Waals surface area contributed by atoms with Gasteiger partial charge in [-0.05, 0) is 24.3 Å². The van der Waals surface area contributed by atoms with E-state index < -0.39 is 63.6 Å². The number of phenols is 4. The molecular weight excluding hydrogens is 528 g/mol. The molecule has 0 saturated heterocycles. The van der Waals surface area contributed by atoms with Crippen LogP contribution in [0.1, 0.15) is 23.5 Å². The van der Waals surface area contributed by atoms with Crippen LogP contribution in [-0.2, 0) is 9.53 Å². The van der Waals surface area contributed by atoms with Crippen LogP contribution in [-0.4, -0.2) is 59.9 Å². The fraction of sp³-hybridized carbons (Fsp3) is 0.214. The normalized spacial score (nSPS) is 11.7. The highest BCUT2D eigenvalue weighted by molar-refractivity contribution is 5.92. The zero-order valence-electron chi connectivity index (χ0n) is 21.8. The van der Waals surface area contributed by atoms with Gasteiger partial charge in [0.15, 0.2) is 28.8 Å². The van der Waals surface area contributed by atoms with Crippen molar-refractivity contribution in [2.75, 3.05) is 28.4 Å². The molecule has 12 nitrogen and oxygen atoms in total. The lowest BCUT2D eigenvalue weighted by Gasteiger charge is -2.24. The maximum absolute atomic E-state index is 13.3. The Morgan fingerprint density at radius 2 is 1.52 bits per heavy atom. The van der Waals surface area contributed by atoms with Crippen molar-refractivity contribution in [2.24, 2.45) is 0 Å². The number of methoxy groups -OCH3 is 4. The number of hydrogen-bond acceptors (Lipinski definition) is 12. The number of aromatic hydroxyl groups is 5. The Hall–Kier alpha value is -5.26. The first-order valence-corrected chi connectivity index (χ1v) is 11.7. The van der Waals surface area contributed by atoms with Crippen LogP contribution in [0.4, 0.5) is 0 Å². The smallest absolute Gasteiger partial charge is 0.306 e. The second kappa shape index (κ2) is 10.8. The second-order valence-corrected chi connectivity index (χ2v) is 8.60. The summed E-state index contributed by atoms with van der Waals surface area (Å²) >= 11 is 0. The molecule has 0 unspecified atom stereocenters. The van der Waals surface area contributed by atoms with Gasteiger partial charge >= 0.3 is 5.97 Å². The molecule has 1 atom stereocenters. The maximum atomic E-state index is 13.3. The highest BCUT2D eigenvalue weighted by Crippen LogP contribution is 2.50. The third-order valence-electron chi connectivity index (χ3n) is 6.43. The summed E-state index contributed by atoms with van der Waals surface area (Å²) in [4.78, 5) is 25.9. The van der Waals surface area contributed by atoms with Crippen LogP contribution >= 0.6 is 0 Å². The molecule has 1 aromatic heterocycles. The lowest BCUT2D eigenvalue weighted by Crippen LogP contribution is -2.14. The Kier molecular flexibility index (Phi) is 7.53. The van der Waals surface area contributed by atoms with Gasteiger partial charge in [-0.3, -0.25) is 9.59 Å². The number of carbonyl (C=O) groups excluding carboxylic acids is 1. The van der Waals surface area contributed by atoms with E-state index in [2.05, 4.69) is 0 Å². The topological polar surface area (TPSA) is 185 Å². The Labute approximate surface area is 226 Å². The van der Waals surface area contributed by atoms with E-state index in [1.165, 1.54) is 34.5 Å². The Balaban J connectivity index is 2.14. The summed E-state index contributed by atoms with van der Waals surface area (Å²) in [7, 11) is 5.34. The van der Waals surface area contributed by atoms with Crippen LogP contribution in [0.5, 0.6) is 46.0 Å². The zero-order chi connectivity index (χ0) is 29.3. The minimum atomic E-state index is -1.11. The van der Waals surface area contributed by atoms with Gasteiger partial charge in [-0.15, -0.1) is 0 Å². The van der Waals surface area contributed by atoms with Crippen LogP contribution in [0.25, 0.3) is 22.3 Å². The third kappa shape index (κ3) is 4.59. The number of phenolic OH excluding ortho intramolecular Hbond substituents is 4. The predicted octanol–water partition coefficient (Wildman–Crippen LogP) is 3.71. The van der Waals surface area contributed by atoms with Gasteiger partial charge in [-0.25, -0.2) is 0 Å². The van der Waals surface area contributed by atoms with Gasteiger partial charge in [0.05, 0.1) is 34.9 Å². The molecule has 4 rings (SSSR count). The largest absolute Gasteiger partial charge is 0.507 e. The molecule has 0 bridgehead atoms. The monoisotopic (exact) mass is 554 g/mol. The van der Waals surface area contributed by atoms with E-state index in [1.807, 2.05) is 0 Å². The minimum absolute atomic E-state index is 0.00574. The number of benzene rings is 3. The first-order chi connectivity index (χ1) is 19.1. The molecule has 0 aliphatic heterocycles. The molecule has 1 heterocycles. The van der Waals surface area contributed by atoms with Crippen molar-refractivity contribution in [3.8, 4) is 57.3 Å². The molecule has 0 amide bonds. The minimum Gasteiger partial charge on any atom is -0.507 e. The number of ether oxygens (including phenoxy) is 4. The average Bonchev–Trinajstić information content (AvgIpc) is 2.94. The summed E-state index contributed by atoms with van der Waals surface area (Å²) < 4.78 is 27.2. The van der Waals surface area contributed by atoms with E-state index in [0.29, 0.717) is 11.3 Å². The average molecular weight is 555 g/mol. The van der Waals surface area contributed by atoms with E-state index in [1.54, 1.807) is 12.1 Å². The van der Waals surface area contributed by atoms with Crippen molar-refractivity contribution in [3.63, 3.8) is 0 Å². The molecule has 0 saturated carbocycles. The molecule has 3 aromatic carbocycles. The lowest BCUT2D eigenvalue weighted by atomic mass is 9.85. The Bertz CT molecular complexity index is 1670. The molecule has 0 spiro atoms. The Morgan fingerprint density at radius 1 is 0.825 bits per heavy atom. The van der Waals surface area contributed by atoms with E-state index in [-0.39, 0.29) is 28.2 Å². The standard InChI is InChI=1S/C28H26O12/c1-36-19-8-6-13(26(38-3)27(19)39-4)14(10-20(33)37-2)21-17(31)11-18(32)22-23(34)24(35)25(40-28(21)22)12-5-7-15(29)16(30)9-12/h5-9,11,14,29-32,35H,10H2,1-4H3/t14-/m0/s1. The molecule has 210 valence electrons. The van der Waals surface area contributed by atoms with Crippen molar-refractivity contribution in [2.45, 2.75) is 12.3 Å². The number of hydrogen-bond donors (Lipinski definition) is 5. The first kappa shape index (κ1) is 27.8. The van der Waals surface area contributed by atoms with Gasteiger partial charge in [0.2, 0.25) is 16.9 Å². The van der Waals surface area contributed by atoms with Crippen molar-refractivity contribution >= 4 is 16.9 Å². The molecule has 0 fully saturated rings. The highest BCUT2D eigenvalue weighted by atomic mass is 16.5. The van der Waals surface area contributed by atoms with Crippen molar-refractivity contribution in [3.05, 3.63) is 57.7 Å². The van der Waals surface area contributed by atoms with Crippen LogP contribution in [0.2, 0.25) is 0 Å². The number of carbonyl (C=O) groups is 1. The van der Waals surface area contributed by atoms with Crippen LogP contribution in [0.3, 0.4) is 0 Å². The van der Waals surface area contributed by atoms with Gasteiger partial charge < -0.3 is 48.9 Å². The van der Waals surface area contributed by atoms with Gasteiger partial charge in [-0.1, -0.05) is 6.07 Å². The maximum Gasteiger partial charge on any atom is 0.306 e. The van der Waals surface area contributed by atoms with E-state index in [0.717, 1.165) is 18.2 Å². The van der Waals surface area contributed by atoms with Crippen LogP contribution in [0.15, 0.2) is 45.6 Å². The summed E-state index contributed by atoms with van der Waals surface area (Å²) in [6.07, 6.45) is -0.393. The fourth-order valence-corrected chi connectivity index (χ4v) is 4.56. The molecule has 0 aliphatic rings. The van der Waals surface area contributed by atoms with Gasteiger partial charge in [-0.2, -0.15) is 0 Å². The SMILES string of the molecule is COC(=O)C[C@@H](c1ccc(OC)c(OC)c1OC)c1c(O)cc(O)c2c(=O)c(O)c(-c3ccc(O)c(O)c3)oc12. The Morgan fingerprint density at radius 3 is 2.12 bits per heavy atom. The molecule has 40 heavy (non-hydrogen) atoms. The van der Waals surface area contributed by atoms with E-state index >= 15 is 0 Å². The van der Waals surface area contributed by atoms with Crippen molar-refractivity contribution in [1.82, 2.24) is 0 Å². The quantitative estimate of drug-likeness (QED) is 0.157. The molecule has 0 radical (unpaired) electrons. The van der Waals surface area contributed by atoms with Crippen molar-refractivity contribution < 1.29 is 53.7 Å². The molecular formula is C28H26O12. The molecule has 12 heteroatoms. The van der Waals surface area contributed by atoms with Gasteiger partial charge in [0, 0.05) is 28.7 Å². The van der Waals surface area contributed by atoms with E-state index in [9.17, 15) is 35.1 Å². The highest BCUT2D eigenvalue weighted by Gasteiger charge is 2.33. The summed E-state index contributed by atoms with van der Waals surface area (Å²) in [6.45, 7) is 0. The molecule has 4 aromatic rings. The van der Waals surface area contributed by atoms with Crippen molar-refractivity contribution in [1.29, 1.82) is 0 Å². The molecule has 0 aliphatic carbocycles. The second-order valence-electron chi connectivity index (χ2n) is 8.60. The molecule has 5 N–H and O–H groups in total. The summed E-state index contributed by atoms with van der Waals surface area (Å²) in [5, 5.41) is 51.6. The predicted molar refractivity (Wildman–Crippen MR) is 141 cm³/mol. The fourth-order valence-electron chi connectivity index (χ4n) is 4.56. The summed E-state index contributed by atoms with van der Waals surface area (Å²) in [5.41, 5.74) is -1.25. The summed E-state index contributed by atoms with van der Waals surface area (Å²) in [5.74, 6) is -4.79. The first-order valence-electron chi connectivity index (χ1n) is 11.7. The number of fused-ring (bicyclic) bond motifs is 1. The van der Waals surface area contributed by atoms with Crippen LogP contribution in [0, 0.1) is 0 Å². The van der Waals surface area contributed by atoms with Crippen LogP contribution < -0.4 is 19.6 Å². The lowest BCUT2D eigenvalue weighted by molar-refractivity contribution is -0.140. The van der Waals surface area contributed by atoms with Gasteiger partial charge in [0.25, 0.3) is 0 Å². The third-order valence-corrected chi connectivity index (χ3v) is 6.43.